The van der Waals surface area contributed by atoms with Gasteiger partial charge < -0.3 is 25.4 Å². The first-order valence-electron chi connectivity index (χ1n) is 8.96. The van der Waals surface area contributed by atoms with E-state index in [2.05, 4.69) is 25.9 Å². The summed E-state index contributed by atoms with van der Waals surface area (Å²) in [7, 11) is 3.19. The second-order valence-electron chi connectivity index (χ2n) is 6.30. The van der Waals surface area contributed by atoms with Gasteiger partial charge in [0.05, 0.1) is 19.9 Å². The summed E-state index contributed by atoms with van der Waals surface area (Å²) in [5.41, 5.74) is 3.00. The predicted molar refractivity (Wildman–Crippen MR) is 114 cm³/mol. The number of amides is 1. The molecule has 1 heterocycles. The van der Waals surface area contributed by atoms with Gasteiger partial charge in [-0.05, 0) is 37.3 Å². The minimum Gasteiger partial charge on any atom is -0.497 e. The molecule has 0 unspecified atom stereocenters. The molecule has 0 saturated heterocycles. The summed E-state index contributed by atoms with van der Waals surface area (Å²) in [5.74, 6) is 2.23. The van der Waals surface area contributed by atoms with Crippen molar-refractivity contribution in [3.05, 3.63) is 54.2 Å². The van der Waals surface area contributed by atoms with Crippen molar-refractivity contribution in [2.24, 2.45) is 0 Å². The van der Waals surface area contributed by atoms with Gasteiger partial charge in [0.1, 0.15) is 17.3 Å². The fourth-order valence-corrected chi connectivity index (χ4v) is 2.74. The van der Waals surface area contributed by atoms with Crippen LogP contribution in [0.3, 0.4) is 0 Å². The SMILES string of the molecule is COc1ccc(Nc2nc(C)cc(Nc3cccc(NC(C)=O)c3)n2)c(OC)c1. The zero-order valence-electron chi connectivity index (χ0n) is 16.7. The molecule has 0 radical (unpaired) electrons. The van der Waals surface area contributed by atoms with Gasteiger partial charge in [0, 0.05) is 36.1 Å². The first kappa shape index (κ1) is 19.9. The van der Waals surface area contributed by atoms with Gasteiger partial charge in [0.15, 0.2) is 0 Å². The largest absolute Gasteiger partial charge is 0.497 e. The van der Waals surface area contributed by atoms with Crippen molar-refractivity contribution in [1.29, 1.82) is 0 Å². The fourth-order valence-electron chi connectivity index (χ4n) is 2.74. The van der Waals surface area contributed by atoms with Crippen molar-refractivity contribution in [2.45, 2.75) is 13.8 Å². The van der Waals surface area contributed by atoms with E-state index in [0.29, 0.717) is 29.0 Å². The zero-order valence-corrected chi connectivity index (χ0v) is 16.7. The number of carbonyl (C=O) groups is 1. The molecule has 29 heavy (non-hydrogen) atoms. The molecule has 2 aromatic carbocycles. The molecule has 0 bridgehead atoms. The van der Waals surface area contributed by atoms with Crippen LogP contribution in [0.5, 0.6) is 11.5 Å². The van der Waals surface area contributed by atoms with Crippen molar-refractivity contribution in [3.8, 4) is 11.5 Å². The van der Waals surface area contributed by atoms with E-state index in [1.807, 2.05) is 49.4 Å². The van der Waals surface area contributed by atoms with Gasteiger partial charge in [-0.1, -0.05) is 6.07 Å². The van der Waals surface area contributed by atoms with Crippen LogP contribution in [0.4, 0.5) is 28.8 Å². The second kappa shape index (κ2) is 8.92. The van der Waals surface area contributed by atoms with E-state index in [0.717, 1.165) is 17.1 Å². The third-order valence-electron chi connectivity index (χ3n) is 3.96. The molecular formula is C21H23N5O3. The first-order chi connectivity index (χ1) is 14.0. The molecule has 150 valence electrons. The van der Waals surface area contributed by atoms with E-state index in [1.165, 1.54) is 6.92 Å². The Kier molecular flexibility index (Phi) is 6.13. The molecule has 3 rings (SSSR count). The number of aromatic nitrogens is 2. The Bertz CT molecular complexity index is 1020. The number of rotatable bonds is 7. The van der Waals surface area contributed by atoms with E-state index in [4.69, 9.17) is 9.47 Å². The van der Waals surface area contributed by atoms with E-state index < -0.39 is 0 Å². The maximum atomic E-state index is 11.3. The summed E-state index contributed by atoms with van der Waals surface area (Å²) < 4.78 is 10.6. The van der Waals surface area contributed by atoms with Crippen LogP contribution in [-0.2, 0) is 4.79 Å². The monoisotopic (exact) mass is 393 g/mol. The maximum Gasteiger partial charge on any atom is 0.229 e. The van der Waals surface area contributed by atoms with Crippen LogP contribution in [0.1, 0.15) is 12.6 Å². The van der Waals surface area contributed by atoms with Crippen molar-refractivity contribution in [1.82, 2.24) is 9.97 Å². The van der Waals surface area contributed by atoms with Gasteiger partial charge >= 0.3 is 0 Å². The number of nitrogens with one attached hydrogen (secondary N) is 3. The third kappa shape index (κ3) is 5.35. The quantitative estimate of drug-likeness (QED) is 0.552. The van der Waals surface area contributed by atoms with Crippen molar-refractivity contribution in [3.63, 3.8) is 0 Å². The Morgan fingerprint density at radius 2 is 1.72 bits per heavy atom. The highest BCUT2D eigenvalue weighted by Crippen LogP contribution is 2.31. The minimum atomic E-state index is -0.125. The summed E-state index contributed by atoms with van der Waals surface area (Å²) >= 11 is 0. The number of nitrogens with zero attached hydrogens (tertiary/aromatic N) is 2. The highest BCUT2D eigenvalue weighted by Gasteiger charge is 2.09. The van der Waals surface area contributed by atoms with Gasteiger partial charge in [0.2, 0.25) is 11.9 Å². The van der Waals surface area contributed by atoms with Crippen molar-refractivity contribution in [2.75, 3.05) is 30.2 Å². The molecular weight excluding hydrogens is 370 g/mol. The number of hydrogen-bond acceptors (Lipinski definition) is 7. The Labute approximate surface area is 169 Å². The number of anilines is 5. The van der Waals surface area contributed by atoms with Crippen LogP contribution in [0.2, 0.25) is 0 Å². The predicted octanol–water partition coefficient (Wildman–Crippen LogP) is 4.25. The Hall–Kier alpha value is -3.81. The number of aryl methyl sites for hydroxylation is 1. The first-order valence-corrected chi connectivity index (χ1v) is 8.96. The number of ether oxygens (including phenoxy) is 2. The normalized spacial score (nSPS) is 10.2. The maximum absolute atomic E-state index is 11.3. The van der Waals surface area contributed by atoms with Crippen LogP contribution >= 0.6 is 0 Å². The van der Waals surface area contributed by atoms with E-state index in [1.54, 1.807) is 20.3 Å². The summed E-state index contributed by atoms with van der Waals surface area (Å²) in [5, 5.41) is 9.18. The van der Waals surface area contributed by atoms with Crippen LogP contribution in [0.25, 0.3) is 0 Å². The lowest BCUT2D eigenvalue weighted by Gasteiger charge is -2.13. The highest BCUT2D eigenvalue weighted by atomic mass is 16.5. The lowest BCUT2D eigenvalue weighted by Crippen LogP contribution is -2.06. The summed E-state index contributed by atoms with van der Waals surface area (Å²) in [6, 6.07) is 14.7. The topological polar surface area (TPSA) is 97.4 Å². The molecule has 0 saturated carbocycles. The smallest absolute Gasteiger partial charge is 0.229 e. The average Bonchev–Trinajstić information content (AvgIpc) is 2.67. The van der Waals surface area contributed by atoms with E-state index in [9.17, 15) is 4.79 Å². The molecule has 1 amide bonds. The molecule has 0 atom stereocenters. The number of hydrogen-bond donors (Lipinski definition) is 3. The van der Waals surface area contributed by atoms with Gasteiger partial charge in [0.25, 0.3) is 0 Å². The van der Waals surface area contributed by atoms with Gasteiger partial charge in [-0.2, -0.15) is 4.98 Å². The molecule has 8 nitrogen and oxygen atoms in total. The van der Waals surface area contributed by atoms with Crippen molar-refractivity contribution >= 4 is 34.7 Å². The highest BCUT2D eigenvalue weighted by molar-refractivity contribution is 5.89. The second-order valence-corrected chi connectivity index (χ2v) is 6.30. The number of carbonyl (C=O) groups excluding carboxylic acids is 1. The Morgan fingerprint density at radius 3 is 2.45 bits per heavy atom. The van der Waals surface area contributed by atoms with Crippen molar-refractivity contribution < 1.29 is 14.3 Å². The molecule has 0 aliphatic rings. The van der Waals surface area contributed by atoms with E-state index >= 15 is 0 Å². The minimum absolute atomic E-state index is 0.125. The summed E-state index contributed by atoms with van der Waals surface area (Å²) in [4.78, 5) is 20.2. The zero-order chi connectivity index (χ0) is 20.8. The van der Waals surface area contributed by atoms with E-state index in [-0.39, 0.29) is 5.91 Å². The lowest BCUT2D eigenvalue weighted by atomic mass is 10.2. The molecule has 0 fully saturated rings. The molecule has 3 aromatic rings. The lowest BCUT2D eigenvalue weighted by molar-refractivity contribution is -0.114. The van der Waals surface area contributed by atoms with Crippen LogP contribution in [0, 0.1) is 6.92 Å². The molecule has 3 N–H and O–H groups in total. The molecule has 0 aliphatic heterocycles. The van der Waals surface area contributed by atoms with Crippen LogP contribution in [0.15, 0.2) is 48.5 Å². The van der Waals surface area contributed by atoms with Crippen LogP contribution in [-0.4, -0.2) is 30.1 Å². The number of benzene rings is 2. The average molecular weight is 393 g/mol. The molecule has 0 spiro atoms. The Balaban J connectivity index is 1.83. The van der Waals surface area contributed by atoms with Gasteiger partial charge in [-0.25, -0.2) is 4.98 Å². The standard InChI is InChI=1S/C21H23N5O3/c1-13-10-20(24-16-7-5-6-15(11-16)23-14(2)27)26-21(22-13)25-18-9-8-17(28-3)12-19(18)29-4/h5-12H,1-4H3,(H,23,27)(H2,22,24,25,26). The Morgan fingerprint density at radius 1 is 0.931 bits per heavy atom. The molecule has 0 aliphatic carbocycles. The number of methoxy groups -OCH3 is 2. The summed E-state index contributed by atoms with van der Waals surface area (Å²) in [6.45, 7) is 3.36. The summed E-state index contributed by atoms with van der Waals surface area (Å²) in [6.07, 6.45) is 0. The molecule has 1 aromatic heterocycles. The molecule has 8 heteroatoms. The fraction of sp³-hybridized carbons (Fsp3) is 0.190. The third-order valence-corrected chi connectivity index (χ3v) is 3.96. The van der Waals surface area contributed by atoms with Crippen LogP contribution < -0.4 is 25.4 Å². The van der Waals surface area contributed by atoms with Gasteiger partial charge in [-0.15, -0.1) is 0 Å². The van der Waals surface area contributed by atoms with Gasteiger partial charge in [-0.3, -0.25) is 4.79 Å².